The summed E-state index contributed by atoms with van der Waals surface area (Å²) in [6, 6.07) is 18.0. The fourth-order valence-corrected chi connectivity index (χ4v) is 3.99. The number of methoxy groups -OCH3 is 1. The highest BCUT2D eigenvalue weighted by molar-refractivity contribution is 7.99. The van der Waals surface area contributed by atoms with E-state index in [2.05, 4.69) is 15.5 Å². The number of hydrogen-bond donors (Lipinski definition) is 1. The maximum absolute atomic E-state index is 12.7. The quantitative estimate of drug-likeness (QED) is 0.288. The lowest BCUT2D eigenvalue weighted by Gasteiger charge is -2.12. The van der Waals surface area contributed by atoms with Gasteiger partial charge in [0.15, 0.2) is 5.82 Å². The number of ether oxygens (including phenoxy) is 2. The van der Waals surface area contributed by atoms with Gasteiger partial charge in [0.1, 0.15) is 5.75 Å². The first kappa shape index (κ1) is 23.1. The van der Waals surface area contributed by atoms with E-state index in [1.54, 1.807) is 38.3 Å². The van der Waals surface area contributed by atoms with Crippen LogP contribution in [0.3, 0.4) is 0 Å². The highest BCUT2D eigenvalue weighted by atomic mass is 32.2. The molecule has 0 aliphatic carbocycles. The lowest BCUT2D eigenvalue weighted by atomic mass is 10.2. The number of esters is 1. The summed E-state index contributed by atoms with van der Waals surface area (Å²) >= 11 is 1.23. The molecule has 1 amide bonds. The second kappa shape index (κ2) is 10.7. The predicted octanol–water partition coefficient (Wildman–Crippen LogP) is 3.97. The lowest BCUT2D eigenvalue weighted by molar-refractivity contribution is -0.113. The first-order valence-corrected chi connectivity index (χ1v) is 11.5. The standard InChI is InChI=1S/C24H23N5O4S/c1-3-33-23(31)19-11-4-5-12-20(19)25-21(30)16-34-24-27-26-22(29(24)28-13-6-7-14-28)17-9-8-10-18(15-17)32-2/h4-15H,3,16H2,1-2H3,(H,25,30). The number of amides is 1. The molecule has 2 aromatic heterocycles. The van der Waals surface area contributed by atoms with Gasteiger partial charge in [0.2, 0.25) is 11.1 Å². The van der Waals surface area contributed by atoms with Crippen LogP contribution in [0.4, 0.5) is 5.69 Å². The zero-order chi connectivity index (χ0) is 23.9. The lowest BCUT2D eigenvalue weighted by Crippen LogP contribution is -2.18. The van der Waals surface area contributed by atoms with Crippen molar-refractivity contribution in [3.8, 4) is 17.1 Å². The number of nitrogens with one attached hydrogen (secondary N) is 1. The minimum absolute atomic E-state index is 0.0642. The van der Waals surface area contributed by atoms with E-state index in [4.69, 9.17) is 9.47 Å². The fraction of sp³-hybridized carbons (Fsp3) is 0.167. The van der Waals surface area contributed by atoms with Gasteiger partial charge in [0.05, 0.1) is 30.7 Å². The average Bonchev–Trinajstić information content (AvgIpc) is 3.53. The van der Waals surface area contributed by atoms with E-state index in [9.17, 15) is 9.59 Å². The van der Waals surface area contributed by atoms with Crippen molar-refractivity contribution >= 4 is 29.3 Å². The summed E-state index contributed by atoms with van der Waals surface area (Å²) in [6.07, 6.45) is 3.74. The van der Waals surface area contributed by atoms with Gasteiger partial charge in [-0.3, -0.25) is 9.47 Å². The third kappa shape index (κ3) is 5.12. The largest absolute Gasteiger partial charge is 0.497 e. The molecule has 10 heteroatoms. The van der Waals surface area contributed by atoms with Crippen molar-refractivity contribution in [2.24, 2.45) is 0 Å². The number of nitrogens with zero attached hydrogens (tertiary/aromatic N) is 4. The van der Waals surface area contributed by atoms with E-state index < -0.39 is 5.97 Å². The van der Waals surface area contributed by atoms with E-state index in [-0.39, 0.29) is 18.3 Å². The number of anilines is 1. The molecule has 34 heavy (non-hydrogen) atoms. The van der Waals surface area contributed by atoms with E-state index in [0.717, 1.165) is 5.56 Å². The molecule has 9 nitrogen and oxygen atoms in total. The number of thioether (sulfide) groups is 1. The van der Waals surface area contributed by atoms with Gasteiger partial charge in [-0.15, -0.1) is 10.2 Å². The van der Waals surface area contributed by atoms with Crippen molar-refractivity contribution in [3.63, 3.8) is 0 Å². The molecular weight excluding hydrogens is 454 g/mol. The van der Waals surface area contributed by atoms with Crippen LogP contribution in [0.25, 0.3) is 11.4 Å². The van der Waals surface area contributed by atoms with Crippen LogP contribution in [0.15, 0.2) is 78.2 Å². The number of rotatable bonds is 9. The SMILES string of the molecule is CCOC(=O)c1ccccc1NC(=O)CSc1nnc(-c2cccc(OC)c2)n1-n1cccc1. The highest BCUT2D eigenvalue weighted by Crippen LogP contribution is 2.27. The van der Waals surface area contributed by atoms with Crippen molar-refractivity contribution in [2.45, 2.75) is 12.1 Å². The molecule has 1 N–H and O–H groups in total. The normalized spacial score (nSPS) is 10.6. The Kier molecular flexibility index (Phi) is 7.28. The summed E-state index contributed by atoms with van der Waals surface area (Å²) in [6.45, 7) is 1.98. The van der Waals surface area contributed by atoms with Gasteiger partial charge in [0.25, 0.3) is 0 Å². The third-order valence-corrected chi connectivity index (χ3v) is 5.71. The van der Waals surface area contributed by atoms with Crippen molar-refractivity contribution < 1.29 is 19.1 Å². The first-order valence-electron chi connectivity index (χ1n) is 10.5. The summed E-state index contributed by atoms with van der Waals surface area (Å²) in [5, 5.41) is 12.0. The molecule has 0 aliphatic heterocycles. The topological polar surface area (TPSA) is 100 Å². The molecule has 2 heterocycles. The van der Waals surface area contributed by atoms with E-state index in [0.29, 0.717) is 28.0 Å². The van der Waals surface area contributed by atoms with Crippen LogP contribution >= 0.6 is 11.8 Å². The molecule has 0 aliphatic rings. The van der Waals surface area contributed by atoms with Gasteiger partial charge in [0, 0.05) is 18.0 Å². The molecule has 4 aromatic rings. The van der Waals surface area contributed by atoms with Crippen molar-refractivity contribution in [1.29, 1.82) is 0 Å². The second-order valence-corrected chi connectivity index (χ2v) is 7.96. The number of carbonyl (C=O) groups excluding carboxylic acids is 2. The molecule has 0 fully saturated rings. The summed E-state index contributed by atoms with van der Waals surface area (Å²) in [5.41, 5.74) is 1.52. The first-order chi connectivity index (χ1) is 16.6. The Bertz CT molecular complexity index is 1290. The highest BCUT2D eigenvalue weighted by Gasteiger charge is 2.19. The monoisotopic (exact) mass is 477 g/mol. The van der Waals surface area contributed by atoms with Gasteiger partial charge >= 0.3 is 5.97 Å². The minimum atomic E-state index is -0.485. The Labute approximate surface area is 200 Å². The molecule has 2 aromatic carbocycles. The Morgan fingerprint density at radius 3 is 2.59 bits per heavy atom. The minimum Gasteiger partial charge on any atom is -0.497 e. The number of carbonyl (C=O) groups is 2. The molecule has 0 radical (unpaired) electrons. The maximum atomic E-state index is 12.7. The van der Waals surface area contributed by atoms with Gasteiger partial charge in [-0.25, -0.2) is 9.47 Å². The Balaban J connectivity index is 1.55. The van der Waals surface area contributed by atoms with Crippen LogP contribution in [-0.2, 0) is 9.53 Å². The molecule has 0 spiro atoms. The van der Waals surface area contributed by atoms with Crippen molar-refractivity contribution in [2.75, 3.05) is 24.8 Å². The van der Waals surface area contributed by atoms with Crippen LogP contribution in [0, 0.1) is 0 Å². The Morgan fingerprint density at radius 1 is 1.03 bits per heavy atom. The Hall–Kier alpha value is -4.05. The molecular formula is C24H23N5O4S. The van der Waals surface area contributed by atoms with Crippen molar-refractivity contribution in [1.82, 2.24) is 19.5 Å². The number of aromatic nitrogens is 4. The predicted molar refractivity (Wildman–Crippen MR) is 129 cm³/mol. The van der Waals surface area contributed by atoms with Crippen LogP contribution in [-0.4, -0.2) is 50.9 Å². The van der Waals surface area contributed by atoms with Gasteiger partial charge in [-0.2, -0.15) is 0 Å². The third-order valence-electron chi connectivity index (χ3n) is 4.79. The van der Waals surface area contributed by atoms with E-state index >= 15 is 0 Å². The second-order valence-electron chi connectivity index (χ2n) is 7.02. The van der Waals surface area contributed by atoms with E-state index in [1.807, 2.05) is 58.1 Å². The molecule has 174 valence electrons. The summed E-state index contributed by atoms with van der Waals surface area (Å²) < 4.78 is 14.1. The number of hydrogen-bond acceptors (Lipinski definition) is 7. The maximum Gasteiger partial charge on any atom is 0.340 e. The summed E-state index contributed by atoms with van der Waals surface area (Å²) in [7, 11) is 1.61. The van der Waals surface area contributed by atoms with Gasteiger partial charge in [-0.05, 0) is 43.3 Å². The van der Waals surface area contributed by atoms with Crippen LogP contribution in [0.2, 0.25) is 0 Å². The van der Waals surface area contributed by atoms with Crippen LogP contribution in [0.5, 0.6) is 5.75 Å². The molecule has 0 saturated heterocycles. The van der Waals surface area contributed by atoms with Crippen LogP contribution in [0.1, 0.15) is 17.3 Å². The zero-order valence-corrected chi connectivity index (χ0v) is 19.5. The molecule has 4 rings (SSSR count). The zero-order valence-electron chi connectivity index (χ0n) is 18.7. The Morgan fingerprint density at radius 2 is 1.82 bits per heavy atom. The van der Waals surface area contributed by atoms with Crippen molar-refractivity contribution in [3.05, 3.63) is 78.6 Å². The van der Waals surface area contributed by atoms with Gasteiger partial charge in [-0.1, -0.05) is 36.0 Å². The van der Waals surface area contributed by atoms with Crippen LogP contribution < -0.4 is 10.1 Å². The summed E-state index contributed by atoms with van der Waals surface area (Å²) in [4.78, 5) is 24.9. The number of benzene rings is 2. The fourth-order valence-electron chi connectivity index (χ4n) is 3.26. The molecule has 0 unspecified atom stereocenters. The number of para-hydroxylation sites is 1. The van der Waals surface area contributed by atoms with E-state index in [1.165, 1.54) is 11.8 Å². The average molecular weight is 478 g/mol. The smallest absolute Gasteiger partial charge is 0.340 e. The molecule has 0 bridgehead atoms. The molecule has 0 saturated carbocycles. The van der Waals surface area contributed by atoms with Gasteiger partial charge < -0.3 is 14.8 Å². The molecule has 0 atom stereocenters. The summed E-state index contributed by atoms with van der Waals surface area (Å²) in [5.74, 6) is 0.599.